The molecule has 4 rings (SSSR count). The molecule has 140 valence electrons. The Morgan fingerprint density at radius 2 is 1.75 bits per heavy atom. The number of rotatable bonds is 4. The maximum Gasteiger partial charge on any atom is 0.224 e. The number of benzene rings is 3. The van der Waals surface area contributed by atoms with Crippen LogP contribution in [0.2, 0.25) is 5.02 Å². The van der Waals surface area contributed by atoms with E-state index in [1.807, 2.05) is 37.3 Å². The van der Waals surface area contributed by atoms with E-state index in [-0.39, 0.29) is 11.3 Å². The fourth-order valence-electron chi connectivity index (χ4n) is 3.18. The topological polar surface area (TPSA) is 59.3 Å². The zero-order chi connectivity index (χ0) is 19.7. The molecule has 0 radical (unpaired) electrons. The van der Waals surface area contributed by atoms with E-state index in [4.69, 9.17) is 16.0 Å². The third kappa shape index (κ3) is 3.64. The van der Waals surface area contributed by atoms with E-state index < -0.39 is 0 Å². The molecule has 0 bridgehead atoms. The summed E-state index contributed by atoms with van der Waals surface area (Å²) in [5, 5.41) is 4.30. The molecule has 0 fully saturated rings. The number of amides is 1. The Morgan fingerprint density at radius 3 is 2.54 bits per heavy atom. The van der Waals surface area contributed by atoms with Crippen molar-refractivity contribution in [2.45, 2.75) is 19.8 Å². The lowest BCUT2D eigenvalue weighted by Gasteiger charge is -2.08. The van der Waals surface area contributed by atoms with Crippen molar-refractivity contribution in [2.24, 2.45) is 0 Å². The highest BCUT2D eigenvalue weighted by atomic mass is 35.5. The summed E-state index contributed by atoms with van der Waals surface area (Å²) in [6.07, 6.45) is 1.04. The fourth-order valence-corrected chi connectivity index (χ4v) is 3.34. The second-order valence-corrected chi connectivity index (χ2v) is 7.18. The molecule has 0 aliphatic rings. The van der Waals surface area contributed by atoms with Crippen molar-refractivity contribution in [3.63, 3.8) is 0 Å². The van der Waals surface area contributed by atoms with Gasteiger partial charge in [0.05, 0.1) is 10.8 Å². The summed E-state index contributed by atoms with van der Waals surface area (Å²) < 4.78 is 5.90. The second kappa shape index (κ2) is 7.49. The van der Waals surface area contributed by atoms with E-state index in [1.54, 1.807) is 30.3 Å². The molecule has 5 heteroatoms. The van der Waals surface area contributed by atoms with E-state index >= 15 is 0 Å². The molecule has 0 spiro atoms. The average Bonchev–Trinajstić information content (AvgIpc) is 2.69. The molecule has 0 saturated carbocycles. The summed E-state index contributed by atoms with van der Waals surface area (Å²) in [6.45, 7) is 1.86. The van der Waals surface area contributed by atoms with Crippen molar-refractivity contribution >= 4 is 45.1 Å². The van der Waals surface area contributed by atoms with E-state index in [1.165, 1.54) is 0 Å². The molecule has 4 aromatic rings. The minimum atomic E-state index is -0.139. The molecule has 3 aromatic carbocycles. The first kappa shape index (κ1) is 18.3. The van der Waals surface area contributed by atoms with Crippen molar-refractivity contribution in [2.75, 3.05) is 5.32 Å². The molecule has 0 atom stereocenters. The van der Waals surface area contributed by atoms with Crippen molar-refractivity contribution in [1.82, 2.24) is 0 Å². The summed E-state index contributed by atoms with van der Waals surface area (Å²) >= 11 is 6.14. The first-order chi connectivity index (χ1) is 13.5. The molecule has 4 nitrogen and oxygen atoms in total. The van der Waals surface area contributed by atoms with Crippen molar-refractivity contribution in [3.05, 3.63) is 87.0 Å². The molecular weight excluding hydrogens is 374 g/mol. The molecule has 0 aliphatic heterocycles. The van der Waals surface area contributed by atoms with Gasteiger partial charge in [0.15, 0.2) is 0 Å². The van der Waals surface area contributed by atoms with Crippen LogP contribution in [0.3, 0.4) is 0 Å². The van der Waals surface area contributed by atoms with Gasteiger partial charge in [-0.05, 0) is 48.7 Å². The van der Waals surface area contributed by atoms with Crippen molar-refractivity contribution in [1.29, 1.82) is 0 Å². The number of hydrogen-bond donors (Lipinski definition) is 1. The highest BCUT2D eigenvalue weighted by Crippen LogP contribution is 2.26. The Morgan fingerprint density at radius 1 is 1.00 bits per heavy atom. The van der Waals surface area contributed by atoms with Gasteiger partial charge in [0.25, 0.3) is 0 Å². The third-order valence-corrected chi connectivity index (χ3v) is 5.13. The van der Waals surface area contributed by atoms with Crippen LogP contribution in [0.15, 0.2) is 69.9 Å². The fraction of sp³-hybridized carbons (Fsp3) is 0.130. The van der Waals surface area contributed by atoms with E-state index in [9.17, 15) is 9.59 Å². The molecule has 0 saturated heterocycles. The molecule has 1 heterocycles. The van der Waals surface area contributed by atoms with Crippen molar-refractivity contribution < 1.29 is 9.21 Å². The van der Waals surface area contributed by atoms with Gasteiger partial charge < -0.3 is 9.73 Å². The van der Waals surface area contributed by atoms with Crippen LogP contribution in [0.4, 0.5) is 5.69 Å². The summed E-state index contributed by atoms with van der Waals surface area (Å²) in [5.41, 5.74) is 3.32. The van der Waals surface area contributed by atoms with Gasteiger partial charge in [-0.25, -0.2) is 0 Å². The third-order valence-electron chi connectivity index (χ3n) is 4.72. The number of hydrogen-bond acceptors (Lipinski definition) is 3. The lowest BCUT2D eigenvalue weighted by molar-refractivity contribution is -0.116. The SMILES string of the molecule is Cc1cc2oc3cc(NC(=O)CCc4ccccc4)ccc3c(=O)c2cc1Cl. The Bertz CT molecular complexity index is 1250. The zero-order valence-corrected chi connectivity index (χ0v) is 16.0. The predicted octanol–water partition coefficient (Wildman–Crippen LogP) is 5.48. The average molecular weight is 392 g/mol. The highest BCUT2D eigenvalue weighted by Gasteiger charge is 2.11. The van der Waals surface area contributed by atoms with Crippen LogP contribution in [0.25, 0.3) is 21.9 Å². The smallest absolute Gasteiger partial charge is 0.224 e. The minimum absolute atomic E-state index is 0.0889. The standard InChI is InChI=1S/C23H18ClNO3/c1-14-11-20-18(13-19(14)24)23(27)17-9-8-16(12-21(17)28-20)25-22(26)10-7-15-5-3-2-4-6-15/h2-6,8-9,11-13H,7,10H2,1H3,(H,25,26). The Balaban J connectivity index is 1.60. The van der Waals surface area contributed by atoms with Gasteiger partial charge >= 0.3 is 0 Å². The molecule has 1 amide bonds. The van der Waals surface area contributed by atoms with Gasteiger partial charge in [-0.2, -0.15) is 0 Å². The summed E-state index contributed by atoms with van der Waals surface area (Å²) in [7, 11) is 0. The molecular formula is C23H18ClNO3. The molecule has 1 N–H and O–H groups in total. The number of anilines is 1. The number of carbonyl (C=O) groups is 1. The lowest BCUT2D eigenvalue weighted by atomic mass is 10.1. The minimum Gasteiger partial charge on any atom is -0.456 e. The number of halogens is 1. The van der Waals surface area contributed by atoms with Crippen LogP contribution in [-0.4, -0.2) is 5.91 Å². The van der Waals surface area contributed by atoms with Gasteiger partial charge in [0.2, 0.25) is 11.3 Å². The molecule has 0 unspecified atom stereocenters. The quantitative estimate of drug-likeness (QED) is 0.468. The van der Waals surface area contributed by atoms with Crippen LogP contribution in [-0.2, 0) is 11.2 Å². The van der Waals surface area contributed by atoms with Gasteiger partial charge in [0, 0.05) is 23.2 Å². The number of aryl methyl sites for hydroxylation is 2. The highest BCUT2D eigenvalue weighted by molar-refractivity contribution is 6.32. The Hall–Kier alpha value is -3.11. The van der Waals surface area contributed by atoms with Crippen LogP contribution >= 0.6 is 11.6 Å². The molecule has 28 heavy (non-hydrogen) atoms. The van der Waals surface area contributed by atoms with Gasteiger partial charge in [0.1, 0.15) is 11.2 Å². The molecule has 0 aliphatic carbocycles. The maximum atomic E-state index is 12.7. The zero-order valence-electron chi connectivity index (χ0n) is 15.3. The van der Waals surface area contributed by atoms with Crippen molar-refractivity contribution in [3.8, 4) is 0 Å². The van der Waals surface area contributed by atoms with E-state index in [2.05, 4.69) is 5.32 Å². The number of nitrogens with one attached hydrogen (secondary N) is 1. The van der Waals surface area contributed by atoms with Gasteiger partial charge in [-0.15, -0.1) is 0 Å². The summed E-state index contributed by atoms with van der Waals surface area (Å²) in [4.78, 5) is 25.0. The first-order valence-corrected chi connectivity index (χ1v) is 9.39. The Labute approximate surface area is 166 Å². The van der Waals surface area contributed by atoms with Crippen LogP contribution in [0, 0.1) is 6.92 Å². The van der Waals surface area contributed by atoms with Crippen LogP contribution in [0.5, 0.6) is 0 Å². The number of carbonyl (C=O) groups excluding carboxylic acids is 1. The van der Waals surface area contributed by atoms with E-state index in [0.717, 1.165) is 11.1 Å². The summed E-state index contributed by atoms with van der Waals surface area (Å²) in [6, 6.07) is 18.3. The van der Waals surface area contributed by atoms with E-state index in [0.29, 0.717) is 45.5 Å². The van der Waals surface area contributed by atoms with Gasteiger partial charge in [-0.1, -0.05) is 41.9 Å². The van der Waals surface area contributed by atoms with Crippen LogP contribution < -0.4 is 10.7 Å². The largest absolute Gasteiger partial charge is 0.456 e. The molecule has 1 aromatic heterocycles. The maximum absolute atomic E-state index is 12.7. The van der Waals surface area contributed by atoms with Gasteiger partial charge in [-0.3, -0.25) is 9.59 Å². The Kier molecular flexibility index (Phi) is 4.88. The predicted molar refractivity (Wildman–Crippen MR) is 113 cm³/mol. The summed E-state index contributed by atoms with van der Waals surface area (Å²) in [5.74, 6) is -0.0889. The second-order valence-electron chi connectivity index (χ2n) is 6.77. The number of fused-ring (bicyclic) bond motifs is 2. The lowest BCUT2D eigenvalue weighted by Crippen LogP contribution is -2.12. The van der Waals surface area contributed by atoms with Crippen LogP contribution in [0.1, 0.15) is 17.5 Å². The first-order valence-electron chi connectivity index (χ1n) is 9.02. The normalized spacial score (nSPS) is 11.1. The monoisotopic (exact) mass is 391 g/mol.